The van der Waals surface area contributed by atoms with Crippen LogP contribution >= 0.6 is 10.8 Å². The predicted molar refractivity (Wildman–Crippen MR) is 166 cm³/mol. The van der Waals surface area contributed by atoms with E-state index >= 15 is 0 Å². The molecule has 3 amide bonds. The van der Waals surface area contributed by atoms with Gasteiger partial charge in [-0.3, -0.25) is 19.9 Å². The van der Waals surface area contributed by atoms with Crippen LogP contribution in [0.25, 0.3) is 0 Å². The maximum atomic E-state index is 13.6. The van der Waals surface area contributed by atoms with Crippen LogP contribution in [-0.4, -0.2) is 98.6 Å². The van der Waals surface area contributed by atoms with Gasteiger partial charge in [0.1, 0.15) is 6.04 Å². The van der Waals surface area contributed by atoms with Gasteiger partial charge in [-0.1, -0.05) is 30.3 Å². The van der Waals surface area contributed by atoms with Crippen molar-refractivity contribution in [1.82, 2.24) is 20.4 Å². The standard InChI is InChI=1S/C27H38N8O6S2/c1-33-14-16-34(17-15-33)27(37)32-24(18-20-6-3-2-4-7-20)25(36)31-21(8-5-13-30-26(28)29)19-42-43(40,41)23-11-9-22(10-12-23)35(38)39/h2-4,6-7,9-12,21,24H,5,8,13-19H2,1H3,(H,31,36)(H,32,37)(H4,28,29,30)/t21-,24-/m0/s1. The molecule has 14 nitrogen and oxygen atoms in total. The molecular formula is C27H38N8O6S2. The lowest BCUT2D eigenvalue weighted by molar-refractivity contribution is -0.384. The van der Waals surface area contributed by atoms with Crippen molar-refractivity contribution in [2.75, 3.05) is 45.5 Å². The number of benzene rings is 2. The summed E-state index contributed by atoms with van der Waals surface area (Å²) in [4.78, 5) is 44.7. The molecule has 2 aromatic carbocycles. The molecule has 3 rings (SSSR count). The van der Waals surface area contributed by atoms with Crippen LogP contribution in [0.3, 0.4) is 0 Å². The zero-order chi connectivity index (χ0) is 31.4. The van der Waals surface area contributed by atoms with Crippen LogP contribution < -0.4 is 22.1 Å². The second kappa shape index (κ2) is 16.1. The number of guanidine groups is 1. The Balaban J connectivity index is 1.74. The average molecular weight is 635 g/mol. The topological polar surface area (TPSA) is 206 Å². The SMILES string of the molecule is CN1CCN(C(=O)N[C@@H](Cc2ccccc2)C(=O)N[C@@H](CCCN=C(N)N)CSS(=O)(=O)c2ccc([N+](=O)[O-])cc2)CC1. The number of nitro groups is 1. The van der Waals surface area contributed by atoms with E-state index in [1.165, 1.54) is 12.1 Å². The number of nitrogens with zero attached hydrogens (tertiary/aromatic N) is 4. The third-order valence-corrected chi connectivity index (χ3v) is 10.4. The van der Waals surface area contributed by atoms with E-state index in [4.69, 9.17) is 11.5 Å². The number of piperazine rings is 1. The highest BCUT2D eigenvalue weighted by molar-refractivity contribution is 8.72. The van der Waals surface area contributed by atoms with Gasteiger partial charge in [-0.15, -0.1) is 0 Å². The second-order valence-corrected chi connectivity index (χ2v) is 14.1. The summed E-state index contributed by atoms with van der Waals surface area (Å²) in [5, 5.41) is 16.7. The van der Waals surface area contributed by atoms with Crippen molar-refractivity contribution in [2.24, 2.45) is 16.5 Å². The van der Waals surface area contributed by atoms with Gasteiger partial charge in [0.25, 0.3) is 5.69 Å². The van der Waals surface area contributed by atoms with Gasteiger partial charge in [-0.05, 0) is 48.4 Å². The number of nitrogens with one attached hydrogen (secondary N) is 2. The maximum absolute atomic E-state index is 13.6. The number of urea groups is 1. The fourth-order valence-electron chi connectivity index (χ4n) is 4.33. The minimum Gasteiger partial charge on any atom is -0.370 e. The maximum Gasteiger partial charge on any atom is 0.318 e. The Hall–Kier alpha value is -3.89. The Morgan fingerprint density at radius 1 is 1.05 bits per heavy atom. The molecule has 0 aliphatic carbocycles. The number of nitro benzene ring substituents is 1. The van der Waals surface area contributed by atoms with E-state index in [0.29, 0.717) is 36.7 Å². The molecule has 2 aromatic rings. The predicted octanol–water partition coefficient (Wildman–Crippen LogP) is 1.12. The highest BCUT2D eigenvalue weighted by Crippen LogP contribution is 2.26. The number of hydrogen-bond donors (Lipinski definition) is 4. The van der Waals surface area contributed by atoms with Gasteiger partial charge in [-0.2, -0.15) is 0 Å². The lowest BCUT2D eigenvalue weighted by Crippen LogP contribution is -2.57. The van der Waals surface area contributed by atoms with Crippen LogP contribution in [0.1, 0.15) is 18.4 Å². The first kappa shape index (κ1) is 33.6. The van der Waals surface area contributed by atoms with Crippen LogP contribution in [0, 0.1) is 10.1 Å². The van der Waals surface area contributed by atoms with Gasteiger partial charge < -0.3 is 31.9 Å². The van der Waals surface area contributed by atoms with E-state index in [0.717, 1.165) is 30.8 Å². The molecule has 1 fully saturated rings. The molecule has 234 valence electrons. The van der Waals surface area contributed by atoms with Gasteiger partial charge >= 0.3 is 6.03 Å². The Kier molecular flexibility index (Phi) is 12.6. The molecule has 16 heteroatoms. The lowest BCUT2D eigenvalue weighted by Gasteiger charge is -2.33. The number of aliphatic imine (C=N–C) groups is 1. The fraction of sp³-hybridized carbons (Fsp3) is 0.444. The number of nitrogens with two attached hydrogens (primary N) is 2. The lowest BCUT2D eigenvalue weighted by atomic mass is 10.0. The first-order valence-electron chi connectivity index (χ1n) is 13.7. The summed E-state index contributed by atoms with van der Waals surface area (Å²) in [7, 11) is -1.29. The van der Waals surface area contributed by atoms with E-state index < -0.39 is 31.8 Å². The van der Waals surface area contributed by atoms with E-state index in [9.17, 15) is 28.1 Å². The van der Waals surface area contributed by atoms with Crippen LogP contribution in [0.4, 0.5) is 10.5 Å². The third-order valence-electron chi connectivity index (χ3n) is 6.80. The van der Waals surface area contributed by atoms with Crippen molar-refractivity contribution in [3.8, 4) is 0 Å². The Morgan fingerprint density at radius 3 is 2.30 bits per heavy atom. The zero-order valence-corrected chi connectivity index (χ0v) is 25.6. The molecule has 1 aliphatic rings. The average Bonchev–Trinajstić information content (AvgIpc) is 2.98. The molecule has 6 N–H and O–H groups in total. The minimum atomic E-state index is -3.89. The Bertz CT molecular complexity index is 1360. The molecule has 1 saturated heterocycles. The van der Waals surface area contributed by atoms with Crippen LogP contribution in [0.2, 0.25) is 0 Å². The zero-order valence-electron chi connectivity index (χ0n) is 23.9. The molecule has 1 aliphatic heterocycles. The monoisotopic (exact) mass is 634 g/mol. The molecule has 0 bridgehead atoms. The summed E-state index contributed by atoms with van der Waals surface area (Å²) in [5.74, 6) is -0.547. The highest BCUT2D eigenvalue weighted by atomic mass is 33.1. The molecule has 0 radical (unpaired) electrons. The van der Waals surface area contributed by atoms with Crippen LogP contribution in [0.5, 0.6) is 0 Å². The van der Waals surface area contributed by atoms with Gasteiger partial charge in [0.05, 0.1) is 9.82 Å². The number of rotatable bonds is 14. The molecule has 0 saturated carbocycles. The summed E-state index contributed by atoms with van der Waals surface area (Å²) < 4.78 is 26.0. The van der Waals surface area contributed by atoms with Crippen molar-refractivity contribution in [3.63, 3.8) is 0 Å². The molecule has 2 atom stereocenters. The minimum absolute atomic E-state index is 0.0165. The molecule has 0 spiro atoms. The molecule has 0 unspecified atom stereocenters. The van der Waals surface area contributed by atoms with Gasteiger partial charge in [-0.25, -0.2) is 13.2 Å². The number of carbonyl (C=O) groups excluding carboxylic acids is 2. The second-order valence-electron chi connectivity index (χ2n) is 10.1. The molecule has 1 heterocycles. The number of carbonyl (C=O) groups is 2. The summed E-state index contributed by atoms with van der Waals surface area (Å²) in [6.45, 7) is 2.80. The van der Waals surface area contributed by atoms with Crippen LogP contribution in [-0.2, 0) is 20.1 Å². The number of hydrogen-bond acceptors (Lipinski definition) is 9. The van der Waals surface area contributed by atoms with Gasteiger partial charge in [0, 0.05) is 63.1 Å². The number of likely N-dealkylation sites (N-methyl/N-ethyl adjacent to an activating group) is 1. The van der Waals surface area contributed by atoms with Gasteiger partial charge in [0.15, 0.2) is 5.96 Å². The molecule has 0 aromatic heterocycles. The summed E-state index contributed by atoms with van der Waals surface area (Å²) in [6, 6.07) is 12.0. The fourth-order valence-corrected chi connectivity index (χ4v) is 7.30. The van der Waals surface area contributed by atoms with E-state index in [2.05, 4.69) is 20.5 Å². The first-order valence-corrected chi connectivity index (χ1v) is 16.7. The highest BCUT2D eigenvalue weighted by Gasteiger charge is 2.28. The van der Waals surface area contributed by atoms with Crippen molar-refractivity contribution in [2.45, 2.75) is 36.2 Å². The van der Waals surface area contributed by atoms with Crippen molar-refractivity contribution < 1.29 is 22.9 Å². The first-order chi connectivity index (χ1) is 20.4. The Morgan fingerprint density at radius 2 is 1.70 bits per heavy atom. The smallest absolute Gasteiger partial charge is 0.318 e. The molecule has 43 heavy (non-hydrogen) atoms. The van der Waals surface area contributed by atoms with E-state index in [-0.39, 0.29) is 41.3 Å². The van der Waals surface area contributed by atoms with Crippen molar-refractivity contribution >= 4 is 43.2 Å². The number of amides is 3. The summed E-state index contributed by atoms with van der Waals surface area (Å²) in [6.07, 6.45) is 1.05. The Labute approximate surface area is 254 Å². The van der Waals surface area contributed by atoms with Crippen LogP contribution in [0.15, 0.2) is 64.5 Å². The van der Waals surface area contributed by atoms with E-state index in [1.54, 1.807) is 4.90 Å². The largest absolute Gasteiger partial charge is 0.370 e. The number of non-ortho nitro benzene ring substituents is 1. The normalized spacial score (nSPS) is 15.2. The van der Waals surface area contributed by atoms with Crippen molar-refractivity contribution in [3.05, 3.63) is 70.3 Å². The van der Waals surface area contributed by atoms with E-state index in [1.807, 2.05) is 37.4 Å². The molecular weight excluding hydrogens is 596 g/mol. The summed E-state index contributed by atoms with van der Waals surface area (Å²) >= 11 is 0. The van der Waals surface area contributed by atoms with Gasteiger partial charge in [0.2, 0.25) is 14.8 Å². The summed E-state index contributed by atoms with van der Waals surface area (Å²) in [5.41, 5.74) is 11.5. The van der Waals surface area contributed by atoms with Crippen molar-refractivity contribution in [1.29, 1.82) is 0 Å². The quantitative estimate of drug-likeness (QED) is 0.0582. The third kappa shape index (κ3) is 11.0.